The van der Waals surface area contributed by atoms with Crippen molar-refractivity contribution < 1.29 is 18.8 Å². The van der Waals surface area contributed by atoms with Crippen molar-refractivity contribution in [3.05, 3.63) is 45.5 Å². The average molecular weight is 492 g/mol. The van der Waals surface area contributed by atoms with E-state index in [0.29, 0.717) is 25.4 Å². The van der Waals surface area contributed by atoms with Gasteiger partial charge in [-0.05, 0) is 56.4 Å². The number of hydrogen-bond donors (Lipinski definition) is 0. The molecule has 1 atom stereocenters. The summed E-state index contributed by atoms with van der Waals surface area (Å²) >= 11 is 3.52. The molecule has 8 heteroatoms. The van der Waals surface area contributed by atoms with Crippen LogP contribution in [0.1, 0.15) is 87.9 Å². The SMILES string of the molecule is CC(C)(C)OC(=O)N1CCC(CC(=O)c2noc(C(C)(C)C)n2)c2ccc(Br)cc2C1. The Morgan fingerprint density at radius 1 is 1.23 bits per heavy atom. The number of carbonyl (C=O) groups excluding carboxylic acids is 2. The van der Waals surface area contributed by atoms with E-state index in [2.05, 4.69) is 26.1 Å². The lowest BCUT2D eigenvalue weighted by atomic mass is 9.88. The average Bonchev–Trinajstić information content (AvgIpc) is 3.07. The van der Waals surface area contributed by atoms with E-state index < -0.39 is 5.60 Å². The highest BCUT2D eigenvalue weighted by atomic mass is 79.9. The monoisotopic (exact) mass is 491 g/mol. The first-order chi connectivity index (χ1) is 14.3. The molecule has 0 aliphatic carbocycles. The van der Waals surface area contributed by atoms with Gasteiger partial charge in [-0.1, -0.05) is 47.9 Å². The van der Waals surface area contributed by atoms with Crippen LogP contribution in [0.4, 0.5) is 4.79 Å². The van der Waals surface area contributed by atoms with E-state index in [9.17, 15) is 9.59 Å². The van der Waals surface area contributed by atoms with Crippen molar-refractivity contribution in [2.45, 2.75) is 77.9 Å². The lowest BCUT2D eigenvalue weighted by Gasteiger charge is -2.26. The molecule has 0 spiro atoms. The minimum atomic E-state index is -0.567. The van der Waals surface area contributed by atoms with Gasteiger partial charge >= 0.3 is 6.09 Å². The van der Waals surface area contributed by atoms with Crippen LogP contribution in [0.3, 0.4) is 0 Å². The summed E-state index contributed by atoms with van der Waals surface area (Å²) in [6, 6.07) is 5.99. The lowest BCUT2D eigenvalue weighted by Crippen LogP contribution is -2.36. The number of ketones is 1. The van der Waals surface area contributed by atoms with Gasteiger partial charge in [-0.3, -0.25) is 4.79 Å². The summed E-state index contributed by atoms with van der Waals surface area (Å²) in [6.45, 7) is 12.4. The molecule has 7 nitrogen and oxygen atoms in total. The molecule has 0 saturated carbocycles. The Morgan fingerprint density at radius 3 is 2.55 bits per heavy atom. The number of amides is 1. The van der Waals surface area contributed by atoms with Gasteiger partial charge in [-0.25, -0.2) is 4.79 Å². The Balaban J connectivity index is 1.82. The normalized spacial score (nSPS) is 17.1. The number of aromatic nitrogens is 2. The van der Waals surface area contributed by atoms with Crippen molar-refractivity contribution in [3.63, 3.8) is 0 Å². The molecule has 2 aromatic rings. The van der Waals surface area contributed by atoms with Crippen LogP contribution in [0, 0.1) is 0 Å². The topological polar surface area (TPSA) is 85.5 Å². The molecule has 1 aromatic heterocycles. The van der Waals surface area contributed by atoms with E-state index in [1.807, 2.05) is 59.7 Å². The highest BCUT2D eigenvalue weighted by Crippen LogP contribution is 2.34. The molecule has 168 valence electrons. The summed E-state index contributed by atoms with van der Waals surface area (Å²) in [6.07, 6.45) is 0.544. The van der Waals surface area contributed by atoms with Crippen molar-refractivity contribution in [2.24, 2.45) is 0 Å². The molecule has 31 heavy (non-hydrogen) atoms. The standard InChI is InChI=1S/C23H30BrN3O4/c1-22(2,3)20-25-19(26-31-20)18(28)12-14-9-10-27(21(29)30-23(4,5)6)13-15-11-16(24)7-8-17(14)15/h7-8,11,14H,9-10,12-13H2,1-6H3. The highest BCUT2D eigenvalue weighted by Gasteiger charge is 2.31. The summed E-state index contributed by atoms with van der Waals surface area (Å²) in [7, 11) is 0. The van der Waals surface area contributed by atoms with E-state index in [4.69, 9.17) is 9.26 Å². The number of carbonyl (C=O) groups is 2. The zero-order valence-electron chi connectivity index (χ0n) is 19.0. The van der Waals surface area contributed by atoms with Gasteiger partial charge in [0.25, 0.3) is 0 Å². The fourth-order valence-electron chi connectivity index (χ4n) is 3.51. The first-order valence-corrected chi connectivity index (χ1v) is 11.3. The van der Waals surface area contributed by atoms with Gasteiger partial charge in [0.2, 0.25) is 17.5 Å². The molecule has 1 aromatic carbocycles. The highest BCUT2D eigenvalue weighted by molar-refractivity contribution is 9.10. The molecule has 1 unspecified atom stereocenters. The van der Waals surface area contributed by atoms with Crippen LogP contribution in [-0.4, -0.2) is 39.1 Å². The molecule has 1 aliphatic heterocycles. The summed E-state index contributed by atoms with van der Waals surface area (Å²) in [5.74, 6) is 0.331. The molecule has 0 fully saturated rings. The number of benzene rings is 1. The second-order valence-electron chi connectivity index (χ2n) is 10.0. The van der Waals surface area contributed by atoms with Gasteiger partial charge < -0.3 is 14.2 Å². The molecule has 3 rings (SSSR count). The van der Waals surface area contributed by atoms with Crippen molar-refractivity contribution in [3.8, 4) is 0 Å². The van der Waals surface area contributed by atoms with E-state index in [-0.39, 0.29) is 35.5 Å². The van der Waals surface area contributed by atoms with Gasteiger partial charge in [0.15, 0.2) is 0 Å². The van der Waals surface area contributed by atoms with Crippen LogP contribution in [0.2, 0.25) is 0 Å². The Labute approximate surface area is 191 Å². The fourth-order valence-corrected chi connectivity index (χ4v) is 3.92. The summed E-state index contributed by atoms with van der Waals surface area (Å²) < 4.78 is 11.8. The maximum atomic E-state index is 12.9. The number of halogens is 1. The molecule has 0 bridgehead atoms. The van der Waals surface area contributed by atoms with E-state index >= 15 is 0 Å². The largest absolute Gasteiger partial charge is 0.444 e. The van der Waals surface area contributed by atoms with Crippen LogP contribution in [-0.2, 0) is 16.7 Å². The van der Waals surface area contributed by atoms with Crippen LogP contribution in [0.15, 0.2) is 27.2 Å². The van der Waals surface area contributed by atoms with Crippen LogP contribution < -0.4 is 0 Å². The number of fused-ring (bicyclic) bond motifs is 1. The molecule has 1 aliphatic rings. The maximum Gasteiger partial charge on any atom is 0.410 e. The predicted molar refractivity (Wildman–Crippen MR) is 120 cm³/mol. The number of Topliss-reactive ketones (excluding diaryl/α,β-unsaturated/α-hetero) is 1. The Morgan fingerprint density at radius 2 is 1.94 bits per heavy atom. The summed E-state index contributed by atoms with van der Waals surface area (Å²) in [5.41, 5.74) is 1.17. The smallest absolute Gasteiger partial charge is 0.410 e. The Hall–Kier alpha value is -2.22. The minimum Gasteiger partial charge on any atom is -0.444 e. The van der Waals surface area contributed by atoms with E-state index in [0.717, 1.165) is 15.6 Å². The van der Waals surface area contributed by atoms with Gasteiger partial charge in [-0.2, -0.15) is 4.98 Å². The third-order valence-corrected chi connectivity index (χ3v) is 5.55. The molecular weight excluding hydrogens is 462 g/mol. The van der Waals surface area contributed by atoms with Crippen molar-refractivity contribution >= 4 is 27.8 Å². The Bertz CT molecular complexity index is 972. The predicted octanol–water partition coefficient (Wildman–Crippen LogP) is 5.63. The molecule has 2 heterocycles. The van der Waals surface area contributed by atoms with Crippen LogP contribution in [0.5, 0.6) is 0 Å². The first-order valence-electron chi connectivity index (χ1n) is 10.5. The van der Waals surface area contributed by atoms with Crippen molar-refractivity contribution in [1.29, 1.82) is 0 Å². The zero-order valence-corrected chi connectivity index (χ0v) is 20.6. The van der Waals surface area contributed by atoms with Crippen molar-refractivity contribution in [1.82, 2.24) is 15.0 Å². The molecule has 1 amide bonds. The van der Waals surface area contributed by atoms with Gasteiger partial charge in [0.1, 0.15) is 5.60 Å². The fraction of sp³-hybridized carbons (Fsp3) is 0.565. The van der Waals surface area contributed by atoms with Crippen LogP contribution in [0.25, 0.3) is 0 Å². The maximum absolute atomic E-state index is 12.9. The number of nitrogens with zero attached hydrogens (tertiary/aromatic N) is 3. The number of ether oxygens (including phenoxy) is 1. The second-order valence-corrected chi connectivity index (χ2v) is 10.9. The lowest BCUT2D eigenvalue weighted by molar-refractivity contribution is 0.0235. The van der Waals surface area contributed by atoms with Gasteiger partial charge in [0, 0.05) is 29.4 Å². The van der Waals surface area contributed by atoms with Gasteiger partial charge in [-0.15, -0.1) is 0 Å². The molecule has 0 N–H and O–H groups in total. The molecule has 0 saturated heterocycles. The summed E-state index contributed by atoms with van der Waals surface area (Å²) in [4.78, 5) is 31.7. The van der Waals surface area contributed by atoms with Gasteiger partial charge in [0.05, 0.1) is 0 Å². The Kier molecular flexibility index (Phi) is 6.60. The van der Waals surface area contributed by atoms with E-state index in [1.54, 1.807) is 4.90 Å². The molecular formula is C23H30BrN3O4. The van der Waals surface area contributed by atoms with Crippen molar-refractivity contribution in [2.75, 3.05) is 6.54 Å². The third kappa shape index (κ3) is 5.93. The second kappa shape index (κ2) is 8.73. The summed E-state index contributed by atoms with van der Waals surface area (Å²) in [5, 5.41) is 3.90. The third-order valence-electron chi connectivity index (χ3n) is 5.05. The van der Waals surface area contributed by atoms with E-state index in [1.165, 1.54) is 0 Å². The quantitative estimate of drug-likeness (QED) is 0.517. The number of rotatable bonds is 3. The zero-order chi connectivity index (χ0) is 23.0. The minimum absolute atomic E-state index is 0.0559. The first kappa shape index (κ1) is 23.4. The van der Waals surface area contributed by atoms with Crippen LogP contribution >= 0.6 is 15.9 Å². The number of hydrogen-bond acceptors (Lipinski definition) is 6. The molecule has 0 radical (unpaired) electrons.